The van der Waals surface area contributed by atoms with Crippen molar-refractivity contribution in [2.24, 2.45) is 7.05 Å². The number of esters is 1. The molecule has 5 nitrogen and oxygen atoms in total. The van der Waals surface area contributed by atoms with Crippen molar-refractivity contribution in [3.05, 3.63) is 18.2 Å². The molecule has 1 heterocycles. The third-order valence-corrected chi connectivity index (χ3v) is 1.61. The first-order chi connectivity index (χ1) is 6.16. The molecule has 0 saturated heterocycles. The number of rotatable bonds is 3. The third kappa shape index (κ3) is 2.06. The average Bonchev–Trinajstić information content (AvgIpc) is 2.50. The van der Waals surface area contributed by atoms with Gasteiger partial charge in [-0.1, -0.05) is 0 Å². The lowest BCUT2D eigenvalue weighted by Crippen LogP contribution is -2.18. The number of aryl methyl sites for hydroxylation is 1. The van der Waals surface area contributed by atoms with E-state index in [0.717, 1.165) is 0 Å². The SMILES string of the molecule is CCOC(=O)C(O)c1nccn1C. The first kappa shape index (κ1) is 9.73. The van der Waals surface area contributed by atoms with E-state index < -0.39 is 12.1 Å². The summed E-state index contributed by atoms with van der Waals surface area (Å²) in [5, 5.41) is 9.43. The van der Waals surface area contributed by atoms with Gasteiger partial charge in [0.2, 0.25) is 6.10 Å². The summed E-state index contributed by atoms with van der Waals surface area (Å²) >= 11 is 0. The van der Waals surface area contributed by atoms with Gasteiger partial charge in [0.15, 0.2) is 0 Å². The molecule has 1 N–H and O–H groups in total. The molecule has 72 valence electrons. The second-order valence-electron chi connectivity index (χ2n) is 2.55. The fraction of sp³-hybridized carbons (Fsp3) is 0.500. The van der Waals surface area contributed by atoms with E-state index in [2.05, 4.69) is 9.72 Å². The Balaban J connectivity index is 2.73. The molecule has 0 saturated carbocycles. The fourth-order valence-electron chi connectivity index (χ4n) is 0.967. The van der Waals surface area contributed by atoms with Crippen LogP contribution in [0.3, 0.4) is 0 Å². The summed E-state index contributed by atoms with van der Waals surface area (Å²) in [5.74, 6) is -0.379. The zero-order valence-corrected chi connectivity index (χ0v) is 7.60. The molecule has 1 rings (SSSR count). The van der Waals surface area contributed by atoms with Gasteiger partial charge >= 0.3 is 5.97 Å². The maximum Gasteiger partial charge on any atom is 0.342 e. The van der Waals surface area contributed by atoms with Crippen molar-refractivity contribution in [2.75, 3.05) is 6.61 Å². The highest BCUT2D eigenvalue weighted by atomic mass is 16.5. The lowest BCUT2D eigenvalue weighted by atomic mass is 10.3. The second kappa shape index (κ2) is 4.04. The van der Waals surface area contributed by atoms with Crippen LogP contribution in [0.2, 0.25) is 0 Å². The van der Waals surface area contributed by atoms with E-state index in [1.165, 1.54) is 6.20 Å². The molecule has 0 fully saturated rings. The number of hydrogen-bond acceptors (Lipinski definition) is 4. The van der Waals surface area contributed by atoms with E-state index in [0.29, 0.717) is 5.82 Å². The van der Waals surface area contributed by atoms with Crippen LogP contribution in [0.4, 0.5) is 0 Å². The molecule has 1 unspecified atom stereocenters. The highest BCUT2D eigenvalue weighted by Crippen LogP contribution is 2.10. The van der Waals surface area contributed by atoms with Gasteiger partial charge in [-0.25, -0.2) is 9.78 Å². The molecule has 0 bridgehead atoms. The van der Waals surface area contributed by atoms with Gasteiger partial charge in [-0.15, -0.1) is 0 Å². The van der Waals surface area contributed by atoms with Crippen LogP contribution in [-0.2, 0) is 16.6 Å². The normalized spacial score (nSPS) is 12.5. The highest BCUT2D eigenvalue weighted by molar-refractivity contribution is 5.75. The second-order valence-corrected chi connectivity index (χ2v) is 2.55. The van der Waals surface area contributed by atoms with Crippen LogP contribution >= 0.6 is 0 Å². The van der Waals surface area contributed by atoms with E-state index in [1.807, 2.05) is 0 Å². The van der Waals surface area contributed by atoms with Crippen molar-refractivity contribution >= 4 is 5.97 Å². The molecule has 5 heteroatoms. The lowest BCUT2D eigenvalue weighted by Gasteiger charge is -2.08. The third-order valence-electron chi connectivity index (χ3n) is 1.61. The van der Waals surface area contributed by atoms with Crippen LogP contribution in [0, 0.1) is 0 Å². The molecule has 1 aromatic heterocycles. The quantitative estimate of drug-likeness (QED) is 0.672. The Hall–Kier alpha value is -1.36. The molecular formula is C8H12N2O3. The van der Waals surface area contributed by atoms with Crippen LogP contribution in [0.15, 0.2) is 12.4 Å². The Morgan fingerprint density at radius 2 is 2.54 bits per heavy atom. The van der Waals surface area contributed by atoms with Gasteiger partial charge in [-0.05, 0) is 6.92 Å². The van der Waals surface area contributed by atoms with Crippen molar-refractivity contribution in [2.45, 2.75) is 13.0 Å². The molecule has 0 spiro atoms. The van der Waals surface area contributed by atoms with Gasteiger partial charge in [-0.3, -0.25) is 0 Å². The first-order valence-corrected chi connectivity index (χ1v) is 3.98. The van der Waals surface area contributed by atoms with Gasteiger partial charge in [0, 0.05) is 19.4 Å². The summed E-state index contributed by atoms with van der Waals surface area (Å²) in [6.07, 6.45) is 1.87. The monoisotopic (exact) mass is 184 g/mol. The van der Waals surface area contributed by atoms with E-state index in [1.54, 1.807) is 24.7 Å². The predicted octanol–water partition coefficient (Wildman–Crippen LogP) is 0.0166. The number of imidazole rings is 1. The van der Waals surface area contributed by atoms with Crippen LogP contribution in [0.5, 0.6) is 0 Å². The van der Waals surface area contributed by atoms with E-state index >= 15 is 0 Å². The van der Waals surface area contributed by atoms with Gasteiger partial charge in [0.05, 0.1) is 6.61 Å². The molecular weight excluding hydrogens is 172 g/mol. The maximum absolute atomic E-state index is 11.1. The summed E-state index contributed by atoms with van der Waals surface area (Å²) in [6.45, 7) is 1.93. The Bertz CT molecular complexity index is 295. The van der Waals surface area contributed by atoms with Crippen molar-refractivity contribution in [3.63, 3.8) is 0 Å². The summed E-state index contributed by atoms with van der Waals surface area (Å²) in [6, 6.07) is 0. The topological polar surface area (TPSA) is 64.3 Å². The molecule has 0 aliphatic heterocycles. The van der Waals surface area contributed by atoms with Crippen molar-refractivity contribution < 1.29 is 14.6 Å². The molecule has 0 aromatic carbocycles. The molecule has 0 aliphatic rings. The summed E-state index contributed by atoms with van der Waals surface area (Å²) in [5.41, 5.74) is 0. The van der Waals surface area contributed by atoms with Crippen LogP contribution < -0.4 is 0 Å². The first-order valence-electron chi connectivity index (χ1n) is 3.98. The molecule has 0 aliphatic carbocycles. The number of ether oxygens (including phenoxy) is 1. The minimum Gasteiger partial charge on any atom is -0.464 e. The number of aliphatic hydroxyl groups is 1. The van der Waals surface area contributed by atoms with Crippen LogP contribution in [-0.4, -0.2) is 27.2 Å². The van der Waals surface area contributed by atoms with Gasteiger partial charge < -0.3 is 14.4 Å². The van der Waals surface area contributed by atoms with Gasteiger partial charge in [-0.2, -0.15) is 0 Å². The Morgan fingerprint density at radius 3 is 3.00 bits per heavy atom. The number of nitrogens with zero attached hydrogens (tertiary/aromatic N) is 2. The molecule has 1 aromatic rings. The average molecular weight is 184 g/mol. The summed E-state index contributed by atoms with van der Waals surface area (Å²) in [4.78, 5) is 14.9. The van der Waals surface area contributed by atoms with Crippen molar-refractivity contribution in [1.29, 1.82) is 0 Å². The Morgan fingerprint density at radius 1 is 1.85 bits per heavy atom. The van der Waals surface area contributed by atoms with Crippen LogP contribution in [0.25, 0.3) is 0 Å². The zero-order chi connectivity index (χ0) is 9.84. The number of hydrogen-bond donors (Lipinski definition) is 1. The van der Waals surface area contributed by atoms with E-state index in [-0.39, 0.29) is 6.61 Å². The van der Waals surface area contributed by atoms with Gasteiger partial charge in [0.1, 0.15) is 5.82 Å². The van der Waals surface area contributed by atoms with Gasteiger partial charge in [0.25, 0.3) is 0 Å². The number of aromatic nitrogens is 2. The smallest absolute Gasteiger partial charge is 0.342 e. The minimum absolute atomic E-state index is 0.250. The maximum atomic E-state index is 11.1. The largest absolute Gasteiger partial charge is 0.464 e. The lowest BCUT2D eigenvalue weighted by molar-refractivity contribution is -0.153. The van der Waals surface area contributed by atoms with Crippen LogP contribution in [0.1, 0.15) is 18.9 Å². The highest BCUT2D eigenvalue weighted by Gasteiger charge is 2.22. The number of aliphatic hydroxyl groups excluding tert-OH is 1. The predicted molar refractivity (Wildman–Crippen MR) is 44.8 cm³/mol. The van der Waals surface area contributed by atoms with E-state index in [9.17, 15) is 9.90 Å². The van der Waals surface area contributed by atoms with Crippen molar-refractivity contribution in [3.8, 4) is 0 Å². The molecule has 0 radical (unpaired) electrons. The minimum atomic E-state index is -1.29. The summed E-state index contributed by atoms with van der Waals surface area (Å²) in [7, 11) is 1.70. The number of carbonyl (C=O) groups is 1. The summed E-state index contributed by atoms with van der Waals surface area (Å²) < 4.78 is 6.21. The Kier molecular flexibility index (Phi) is 3.02. The Labute approximate surface area is 76.0 Å². The standard InChI is InChI=1S/C8H12N2O3/c1-3-13-8(12)6(11)7-9-4-5-10(7)2/h4-6,11H,3H2,1-2H3. The molecule has 0 amide bonds. The van der Waals surface area contributed by atoms with E-state index in [4.69, 9.17) is 0 Å². The molecule has 1 atom stereocenters. The molecule has 13 heavy (non-hydrogen) atoms. The van der Waals surface area contributed by atoms with Crippen molar-refractivity contribution in [1.82, 2.24) is 9.55 Å². The number of carbonyl (C=O) groups excluding carboxylic acids is 1. The zero-order valence-electron chi connectivity index (χ0n) is 7.60. The fourth-order valence-corrected chi connectivity index (χ4v) is 0.967.